The number of aromatic nitrogens is 2. The van der Waals surface area contributed by atoms with Gasteiger partial charge in [0, 0.05) is 25.4 Å². The maximum absolute atomic E-state index is 13.0. The second kappa shape index (κ2) is 5.08. The molecule has 1 aromatic carbocycles. The van der Waals surface area contributed by atoms with E-state index in [4.69, 9.17) is 0 Å². The Bertz CT molecular complexity index is 578. The Balaban J connectivity index is 2.19. The molecule has 0 bridgehead atoms. The van der Waals surface area contributed by atoms with Gasteiger partial charge < -0.3 is 4.57 Å². The molecule has 0 spiro atoms. The van der Waals surface area contributed by atoms with Gasteiger partial charge >= 0.3 is 0 Å². The third-order valence-corrected chi connectivity index (χ3v) is 2.65. The minimum atomic E-state index is -0.945. The molecular weight excluding hydrogens is 238 g/mol. The molecule has 1 heterocycles. The van der Waals surface area contributed by atoms with Crippen molar-refractivity contribution in [2.24, 2.45) is 0 Å². The van der Waals surface area contributed by atoms with Gasteiger partial charge in [0.05, 0.1) is 0 Å². The number of rotatable bonds is 4. The lowest BCUT2D eigenvalue weighted by Crippen LogP contribution is -2.12. The fourth-order valence-corrected chi connectivity index (χ4v) is 1.73. The number of imidazole rings is 1. The third kappa shape index (κ3) is 2.45. The van der Waals surface area contributed by atoms with Crippen LogP contribution in [0.3, 0.4) is 0 Å². The molecule has 0 aliphatic heterocycles. The van der Waals surface area contributed by atoms with Crippen LogP contribution >= 0.6 is 0 Å². The number of nitrogens with zero attached hydrogens (tertiary/aromatic N) is 2. The van der Waals surface area contributed by atoms with Crippen molar-refractivity contribution in [2.45, 2.75) is 19.9 Å². The summed E-state index contributed by atoms with van der Waals surface area (Å²) >= 11 is 0. The Hall–Kier alpha value is -2.04. The number of hydrogen-bond donors (Lipinski definition) is 0. The maximum Gasteiger partial charge on any atom is 0.202 e. The zero-order valence-corrected chi connectivity index (χ0v) is 9.86. The molecule has 0 atom stereocenters. The molecule has 2 aromatic rings. The van der Waals surface area contributed by atoms with Crippen LogP contribution in [0.5, 0.6) is 0 Å². The molecule has 5 heteroatoms. The van der Waals surface area contributed by atoms with Crippen LogP contribution in [0, 0.1) is 11.6 Å². The average molecular weight is 250 g/mol. The van der Waals surface area contributed by atoms with Gasteiger partial charge in [0.25, 0.3) is 0 Å². The summed E-state index contributed by atoms with van der Waals surface area (Å²) in [7, 11) is 0. The first kappa shape index (κ1) is 12.4. The zero-order valence-electron chi connectivity index (χ0n) is 9.86. The minimum Gasteiger partial charge on any atom is -0.329 e. The van der Waals surface area contributed by atoms with Crippen LogP contribution in [-0.2, 0) is 13.0 Å². The summed E-state index contributed by atoms with van der Waals surface area (Å²) in [4.78, 5) is 15.9. The van der Waals surface area contributed by atoms with E-state index in [0.717, 1.165) is 12.1 Å². The highest BCUT2D eigenvalue weighted by molar-refractivity contribution is 5.94. The van der Waals surface area contributed by atoms with Gasteiger partial charge in [0.15, 0.2) is 17.5 Å². The zero-order chi connectivity index (χ0) is 13.1. The number of carbonyl (C=O) groups is 1. The van der Waals surface area contributed by atoms with E-state index >= 15 is 0 Å². The highest BCUT2D eigenvalue weighted by Crippen LogP contribution is 2.11. The molecule has 0 aliphatic rings. The van der Waals surface area contributed by atoms with Crippen molar-refractivity contribution >= 4 is 5.78 Å². The number of halogens is 2. The van der Waals surface area contributed by atoms with E-state index < -0.39 is 11.6 Å². The molecule has 94 valence electrons. The maximum atomic E-state index is 13.0. The van der Waals surface area contributed by atoms with Gasteiger partial charge in [-0.25, -0.2) is 13.8 Å². The summed E-state index contributed by atoms with van der Waals surface area (Å²) in [6, 6.07) is 3.45. The molecule has 3 nitrogen and oxygen atoms in total. The fourth-order valence-electron chi connectivity index (χ4n) is 1.73. The van der Waals surface area contributed by atoms with Gasteiger partial charge in [-0.1, -0.05) is 6.07 Å². The second-order valence-electron chi connectivity index (χ2n) is 3.89. The normalized spacial score (nSPS) is 10.6. The summed E-state index contributed by atoms with van der Waals surface area (Å²) < 4.78 is 27.5. The molecule has 0 unspecified atom stereocenters. The minimum absolute atomic E-state index is 0.00815. The number of Topliss-reactive ketones (excluding diaryl/α,β-unsaturated/α-hetero) is 1. The van der Waals surface area contributed by atoms with Gasteiger partial charge in [-0.15, -0.1) is 0 Å². The van der Waals surface area contributed by atoms with E-state index in [2.05, 4.69) is 4.98 Å². The van der Waals surface area contributed by atoms with Crippen molar-refractivity contribution in [1.29, 1.82) is 0 Å². The van der Waals surface area contributed by atoms with Gasteiger partial charge in [-0.3, -0.25) is 4.79 Å². The summed E-state index contributed by atoms with van der Waals surface area (Å²) in [6.07, 6.45) is 3.26. The third-order valence-electron chi connectivity index (χ3n) is 2.65. The number of carbonyl (C=O) groups excluding carboxylic acids is 1. The molecule has 2 rings (SSSR count). The van der Waals surface area contributed by atoms with Crippen LogP contribution in [-0.4, -0.2) is 15.3 Å². The van der Waals surface area contributed by atoms with Crippen molar-refractivity contribution in [3.63, 3.8) is 0 Å². The first-order valence-electron chi connectivity index (χ1n) is 5.60. The van der Waals surface area contributed by atoms with Crippen LogP contribution in [0.4, 0.5) is 8.78 Å². The molecule has 0 amide bonds. The molecule has 0 saturated heterocycles. The molecular formula is C13H12F2N2O. The lowest BCUT2D eigenvalue weighted by atomic mass is 10.1. The predicted octanol–water partition coefficient (Wildman–Crippen LogP) is 2.61. The summed E-state index contributed by atoms with van der Waals surface area (Å²) in [5, 5.41) is 0. The topological polar surface area (TPSA) is 34.9 Å². The first-order chi connectivity index (χ1) is 8.61. The molecule has 0 saturated carbocycles. The number of ketones is 1. The number of benzene rings is 1. The molecule has 0 aliphatic carbocycles. The highest BCUT2D eigenvalue weighted by Gasteiger charge is 2.13. The average Bonchev–Trinajstić information content (AvgIpc) is 2.82. The summed E-state index contributed by atoms with van der Waals surface area (Å²) in [5.41, 5.74) is 0.435. The first-order valence-corrected chi connectivity index (χ1v) is 5.60. The standard InChI is InChI=1S/C13H12F2N2O/c1-2-17-6-5-16-13(17)12(18)8-9-3-4-10(14)11(15)7-9/h3-7H,2,8H2,1H3. The van der Waals surface area contributed by atoms with E-state index in [-0.39, 0.29) is 12.2 Å². The molecule has 1 aromatic heterocycles. The highest BCUT2D eigenvalue weighted by atomic mass is 19.2. The number of aryl methyl sites for hydroxylation is 1. The molecule has 0 N–H and O–H groups in total. The quantitative estimate of drug-likeness (QED) is 0.782. The molecule has 18 heavy (non-hydrogen) atoms. The van der Waals surface area contributed by atoms with E-state index in [1.54, 1.807) is 17.0 Å². The Morgan fingerprint density at radius 3 is 2.78 bits per heavy atom. The van der Waals surface area contributed by atoms with Crippen molar-refractivity contribution in [3.05, 3.63) is 53.6 Å². The Kier molecular flexibility index (Phi) is 3.50. The van der Waals surface area contributed by atoms with Crippen molar-refractivity contribution in [3.8, 4) is 0 Å². The lowest BCUT2D eigenvalue weighted by molar-refractivity contribution is 0.0979. The fraction of sp³-hybridized carbons (Fsp3) is 0.231. The van der Waals surface area contributed by atoms with Crippen molar-refractivity contribution in [2.75, 3.05) is 0 Å². The van der Waals surface area contributed by atoms with Crippen LogP contribution < -0.4 is 0 Å². The Labute approximate surface area is 103 Å². The largest absolute Gasteiger partial charge is 0.329 e. The second-order valence-corrected chi connectivity index (χ2v) is 3.89. The predicted molar refractivity (Wildman–Crippen MR) is 62.3 cm³/mol. The van der Waals surface area contributed by atoms with Crippen LogP contribution in [0.1, 0.15) is 23.1 Å². The summed E-state index contributed by atoms with van der Waals surface area (Å²) in [5.74, 6) is -1.74. The van der Waals surface area contributed by atoms with E-state index in [0.29, 0.717) is 17.9 Å². The van der Waals surface area contributed by atoms with Crippen molar-refractivity contribution in [1.82, 2.24) is 9.55 Å². The van der Waals surface area contributed by atoms with Gasteiger partial charge in [0.2, 0.25) is 5.78 Å². The van der Waals surface area contributed by atoms with Gasteiger partial charge in [0.1, 0.15) is 0 Å². The Morgan fingerprint density at radius 1 is 1.33 bits per heavy atom. The Morgan fingerprint density at radius 2 is 2.11 bits per heavy atom. The number of hydrogen-bond acceptors (Lipinski definition) is 2. The van der Waals surface area contributed by atoms with Crippen LogP contribution in [0.2, 0.25) is 0 Å². The van der Waals surface area contributed by atoms with Crippen molar-refractivity contribution < 1.29 is 13.6 Å². The lowest BCUT2D eigenvalue weighted by Gasteiger charge is -2.04. The summed E-state index contributed by atoms with van der Waals surface area (Å²) in [6.45, 7) is 2.54. The van der Waals surface area contributed by atoms with Crippen LogP contribution in [0.15, 0.2) is 30.6 Å². The van der Waals surface area contributed by atoms with Crippen LogP contribution in [0.25, 0.3) is 0 Å². The monoisotopic (exact) mass is 250 g/mol. The molecule has 0 radical (unpaired) electrons. The smallest absolute Gasteiger partial charge is 0.202 e. The van der Waals surface area contributed by atoms with E-state index in [1.165, 1.54) is 6.07 Å². The van der Waals surface area contributed by atoms with Gasteiger partial charge in [-0.2, -0.15) is 0 Å². The van der Waals surface area contributed by atoms with Gasteiger partial charge in [-0.05, 0) is 24.6 Å². The molecule has 0 fully saturated rings. The van der Waals surface area contributed by atoms with E-state index in [1.807, 2.05) is 6.92 Å². The SMILES string of the molecule is CCn1ccnc1C(=O)Cc1ccc(F)c(F)c1. The van der Waals surface area contributed by atoms with E-state index in [9.17, 15) is 13.6 Å².